The molecule has 1 aromatic carbocycles. The van der Waals surface area contributed by atoms with E-state index >= 15 is 0 Å². The maximum absolute atomic E-state index is 8.82. The van der Waals surface area contributed by atoms with Crippen LogP contribution in [0.25, 0.3) is 0 Å². The highest BCUT2D eigenvalue weighted by Crippen LogP contribution is 2.19. The topological polar surface area (TPSA) is 80.6 Å². The van der Waals surface area contributed by atoms with Crippen molar-refractivity contribution in [2.45, 2.75) is 26.4 Å². The van der Waals surface area contributed by atoms with E-state index in [9.17, 15) is 0 Å². The fourth-order valence-electron chi connectivity index (χ4n) is 1.20. The van der Waals surface area contributed by atoms with Crippen molar-refractivity contribution in [2.24, 2.45) is 5.16 Å². The normalized spacial score (nSPS) is 11.8. The Morgan fingerprint density at radius 1 is 1.39 bits per heavy atom. The second-order valence-corrected chi connectivity index (χ2v) is 4.38. The van der Waals surface area contributed by atoms with Gasteiger partial charge in [0, 0.05) is 17.3 Å². The molecular formula is C13H17N3O2. The van der Waals surface area contributed by atoms with Crippen LogP contribution in [-0.4, -0.2) is 18.4 Å². The summed E-state index contributed by atoms with van der Waals surface area (Å²) in [6, 6.07) is 7.29. The van der Waals surface area contributed by atoms with Gasteiger partial charge in [0.1, 0.15) is 11.8 Å². The molecule has 0 fully saturated rings. The minimum atomic E-state index is -0.953. The van der Waals surface area contributed by atoms with Crippen molar-refractivity contribution in [3.05, 3.63) is 23.8 Å². The van der Waals surface area contributed by atoms with Gasteiger partial charge in [-0.25, -0.2) is 0 Å². The smallest absolute Gasteiger partial charge is 0.216 e. The number of nitriles is 1. The number of oxime groups is 1. The Balaban J connectivity index is 2.97. The van der Waals surface area contributed by atoms with Crippen molar-refractivity contribution < 1.29 is 9.57 Å². The molecule has 5 nitrogen and oxygen atoms in total. The number of hydrogen-bond acceptors (Lipinski definition) is 5. The second kappa shape index (κ2) is 5.41. The Kier molecular flexibility index (Phi) is 4.16. The summed E-state index contributed by atoms with van der Waals surface area (Å²) in [5.74, 6) is 0.652. The van der Waals surface area contributed by atoms with E-state index < -0.39 is 5.60 Å². The van der Waals surface area contributed by atoms with E-state index in [1.54, 1.807) is 46.1 Å². The van der Waals surface area contributed by atoms with E-state index in [2.05, 4.69) is 5.16 Å². The van der Waals surface area contributed by atoms with Crippen molar-refractivity contribution >= 4 is 11.4 Å². The maximum atomic E-state index is 8.82. The predicted molar refractivity (Wildman–Crippen MR) is 70.4 cm³/mol. The average Bonchev–Trinajstić information content (AvgIpc) is 2.35. The van der Waals surface area contributed by atoms with E-state index in [-0.39, 0.29) is 0 Å². The molecule has 0 saturated carbocycles. The number of methoxy groups -OCH3 is 1. The van der Waals surface area contributed by atoms with Crippen molar-refractivity contribution in [1.82, 2.24) is 0 Å². The fourth-order valence-corrected chi connectivity index (χ4v) is 1.20. The average molecular weight is 247 g/mol. The summed E-state index contributed by atoms with van der Waals surface area (Å²) in [6.45, 7) is 5.06. The van der Waals surface area contributed by atoms with Crippen LogP contribution in [-0.2, 0) is 4.84 Å². The number of nitrogen functional groups attached to an aromatic ring is 1. The zero-order chi connectivity index (χ0) is 13.8. The molecule has 0 aliphatic carbocycles. The van der Waals surface area contributed by atoms with Crippen LogP contribution in [0.1, 0.15) is 26.3 Å². The summed E-state index contributed by atoms with van der Waals surface area (Å²) in [7, 11) is 1.57. The third-order valence-electron chi connectivity index (χ3n) is 2.26. The summed E-state index contributed by atoms with van der Waals surface area (Å²) >= 11 is 0. The summed E-state index contributed by atoms with van der Waals surface area (Å²) in [5.41, 5.74) is 6.80. The van der Waals surface area contributed by atoms with Crippen LogP contribution in [0, 0.1) is 11.3 Å². The van der Waals surface area contributed by atoms with Crippen LogP contribution < -0.4 is 10.5 Å². The lowest BCUT2D eigenvalue weighted by Gasteiger charge is -2.13. The number of benzene rings is 1. The Bertz CT molecular complexity index is 501. The lowest BCUT2D eigenvalue weighted by Crippen LogP contribution is -2.19. The summed E-state index contributed by atoms with van der Waals surface area (Å²) < 4.78 is 5.12. The number of ether oxygens (including phenoxy) is 1. The van der Waals surface area contributed by atoms with Crippen LogP contribution in [0.4, 0.5) is 5.69 Å². The highest BCUT2D eigenvalue weighted by atomic mass is 16.6. The number of rotatable bonds is 4. The van der Waals surface area contributed by atoms with Crippen molar-refractivity contribution in [2.75, 3.05) is 12.8 Å². The standard InChI is InChI=1S/C13H17N3O2/c1-9(16-18-13(2,3)8-14)10-5-11(15)7-12(6-10)17-4/h5-7H,15H2,1-4H3. The Morgan fingerprint density at radius 3 is 2.61 bits per heavy atom. The highest BCUT2D eigenvalue weighted by molar-refractivity contribution is 5.99. The molecule has 1 rings (SSSR count). The molecule has 0 bridgehead atoms. The van der Waals surface area contributed by atoms with Crippen molar-refractivity contribution in [1.29, 1.82) is 5.26 Å². The molecule has 0 unspecified atom stereocenters. The van der Waals surface area contributed by atoms with Gasteiger partial charge in [-0.3, -0.25) is 0 Å². The molecular weight excluding hydrogens is 230 g/mol. The summed E-state index contributed by atoms with van der Waals surface area (Å²) in [4.78, 5) is 5.15. The van der Waals surface area contributed by atoms with Gasteiger partial charge in [0.15, 0.2) is 0 Å². The van der Waals surface area contributed by atoms with Gasteiger partial charge in [0.05, 0.1) is 12.8 Å². The number of nitrogens with two attached hydrogens (primary N) is 1. The summed E-state index contributed by atoms with van der Waals surface area (Å²) in [6.07, 6.45) is 0. The van der Waals surface area contributed by atoms with Gasteiger partial charge in [0.2, 0.25) is 5.60 Å². The second-order valence-electron chi connectivity index (χ2n) is 4.38. The van der Waals surface area contributed by atoms with Gasteiger partial charge in [-0.1, -0.05) is 5.16 Å². The Hall–Kier alpha value is -2.22. The highest BCUT2D eigenvalue weighted by Gasteiger charge is 2.18. The minimum Gasteiger partial charge on any atom is -0.497 e. The molecule has 18 heavy (non-hydrogen) atoms. The van der Waals surface area contributed by atoms with Gasteiger partial charge in [-0.05, 0) is 32.9 Å². The van der Waals surface area contributed by atoms with Crippen LogP contribution in [0.3, 0.4) is 0 Å². The monoisotopic (exact) mass is 247 g/mol. The zero-order valence-electron chi connectivity index (χ0n) is 11.0. The van der Waals surface area contributed by atoms with Gasteiger partial charge in [-0.2, -0.15) is 5.26 Å². The molecule has 0 saturated heterocycles. The molecule has 0 aliphatic rings. The molecule has 0 spiro atoms. The van der Waals surface area contributed by atoms with E-state index in [0.29, 0.717) is 17.1 Å². The Labute approximate surface area is 107 Å². The first-order valence-corrected chi connectivity index (χ1v) is 5.47. The maximum Gasteiger partial charge on any atom is 0.216 e. The SMILES string of the molecule is COc1cc(N)cc(C(C)=NOC(C)(C)C#N)c1. The van der Waals surface area contributed by atoms with Crippen molar-refractivity contribution in [3.63, 3.8) is 0 Å². The molecule has 0 aromatic heterocycles. The first-order valence-electron chi connectivity index (χ1n) is 5.47. The quantitative estimate of drug-likeness (QED) is 0.503. The van der Waals surface area contributed by atoms with E-state index in [0.717, 1.165) is 5.56 Å². The summed E-state index contributed by atoms with van der Waals surface area (Å²) in [5, 5.41) is 12.8. The predicted octanol–water partition coefficient (Wildman–Crippen LogP) is 2.32. The fraction of sp³-hybridized carbons (Fsp3) is 0.385. The van der Waals surface area contributed by atoms with Gasteiger partial charge >= 0.3 is 0 Å². The molecule has 5 heteroatoms. The van der Waals surface area contributed by atoms with E-state index in [1.165, 1.54) is 0 Å². The zero-order valence-corrected chi connectivity index (χ0v) is 11.0. The molecule has 2 N–H and O–H groups in total. The number of anilines is 1. The van der Waals surface area contributed by atoms with Crippen LogP contribution in [0.15, 0.2) is 23.4 Å². The van der Waals surface area contributed by atoms with Gasteiger partial charge in [-0.15, -0.1) is 0 Å². The van der Waals surface area contributed by atoms with Gasteiger partial charge in [0.25, 0.3) is 0 Å². The van der Waals surface area contributed by atoms with Crippen LogP contribution in [0.5, 0.6) is 5.75 Å². The molecule has 0 aliphatic heterocycles. The first kappa shape index (κ1) is 13.8. The molecule has 96 valence electrons. The first-order chi connectivity index (χ1) is 8.38. The Morgan fingerprint density at radius 2 is 2.06 bits per heavy atom. The molecule has 1 aromatic rings. The molecule has 0 heterocycles. The largest absolute Gasteiger partial charge is 0.497 e. The van der Waals surface area contributed by atoms with Crippen LogP contribution in [0.2, 0.25) is 0 Å². The molecule has 0 amide bonds. The number of hydrogen-bond donors (Lipinski definition) is 1. The van der Waals surface area contributed by atoms with Crippen LogP contribution >= 0.6 is 0 Å². The lowest BCUT2D eigenvalue weighted by molar-refractivity contribution is 0.0303. The third kappa shape index (κ3) is 3.67. The lowest BCUT2D eigenvalue weighted by atomic mass is 10.1. The van der Waals surface area contributed by atoms with E-state index in [4.69, 9.17) is 20.6 Å². The minimum absolute atomic E-state index is 0.582. The van der Waals surface area contributed by atoms with Crippen molar-refractivity contribution in [3.8, 4) is 11.8 Å². The van der Waals surface area contributed by atoms with E-state index in [1.807, 2.05) is 6.07 Å². The van der Waals surface area contributed by atoms with Gasteiger partial charge < -0.3 is 15.3 Å². The third-order valence-corrected chi connectivity index (χ3v) is 2.26. The molecule has 0 radical (unpaired) electrons. The molecule has 0 atom stereocenters. The number of nitrogens with zero attached hydrogens (tertiary/aromatic N) is 2.